The van der Waals surface area contributed by atoms with Crippen LogP contribution >= 0.6 is 0 Å². The van der Waals surface area contributed by atoms with Crippen molar-refractivity contribution in [3.05, 3.63) is 23.3 Å². The number of halogens is 2. The Morgan fingerprint density at radius 2 is 1.84 bits per heavy atom. The van der Waals surface area contributed by atoms with E-state index in [-0.39, 0.29) is 11.5 Å². The molecule has 1 saturated heterocycles. The third-order valence-corrected chi connectivity index (χ3v) is 3.54. The quantitative estimate of drug-likeness (QED) is 0.912. The Hall–Kier alpha value is -1.36. The van der Waals surface area contributed by atoms with Gasteiger partial charge in [-0.15, -0.1) is 0 Å². The van der Waals surface area contributed by atoms with E-state index < -0.39 is 11.6 Å². The maximum Gasteiger partial charge on any atom is 0.168 e. The van der Waals surface area contributed by atoms with Crippen molar-refractivity contribution in [1.29, 1.82) is 0 Å². The molecule has 1 heterocycles. The predicted octanol–water partition coefficient (Wildman–Crippen LogP) is 2.52. The summed E-state index contributed by atoms with van der Waals surface area (Å²) in [4.78, 5) is 0. The summed E-state index contributed by atoms with van der Waals surface area (Å²) >= 11 is 0. The van der Waals surface area contributed by atoms with E-state index in [0.717, 1.165) is 32.0 Å². The molecule has 19 heavy (non-hydrogen) atoms. The third kappa shape index (κ3) is 2.97. The highest BCUT2D eigenvalue weighted by atomic mass is 19.1. The largest absolute Gasteiger partial charge is 0.493 e. The summed E-state index contributed by atoms with van der Waals surface area (Å²) in [5.41, 5.74) is 0.483. The summed E-state index contributed by atoms with van der Waals surface area (Å²) in [5.74, 6) is -0.843. The molecule has 3 nitrogen and oxygen atoms in total. The Bertz CT molecular complexity index is 417. The van der Waals surface area contributed by atoms with Gasteiger partial charge in [0, 0.05) is 11.6 Å². The van der Waals surface area contributed by atoms with Gasteiger partial charge < -0.3 is 14.8 Å². The molecule has 0 amide bonds. The zero-order valence-electron chi connectivity index (χ0n) is 11.3. The summed E-state index contributed by atoms with van der Waals surface area (Å²) < 4.78 is 37.6. The lowest BCUT2D eigenvalue weighted by atomic mass is 9.91. The van der Waals surface area contributed by atoms with Crippen LogP contribution < -0.4 is 14.8 Å². The molecule has 106 valence electrons. The third-order valence-electron chi connectivity index (χ3n) is 3.54. The van der Waals surface area contributed by atoms with Gasteiger partial charge in [-0.2, -0.15) is 0 Å². The van der Waals surface area contributed by atoms with Crippen molar-refractivity contribution in [2.75, 3.05) is 27.3 Å². The standard InChI is InChI=1S/C14H19F2NO2/c1-18-13-10(6-9-4-3-5-17-8-9)14(19-2)12(16)7-11(13)15/h7,9,17H,3-6,8H2,1-2H3. The molecule has 0 bridgehead atoms. The van der Waals surface area contributed by atoms with E-state index in [4.69, 9.17) is 9.47 Å². The zero-order valence-corrected chi connectivity index (χ0v) is 11.3. The Morgan fingerprint density at radius 1 is 1.21 bits per heavy atom. The second-order valence-electron chi connectivity index (χ2n) is 4.80. The highest BCUT2D eigenvalue weighted by Gasteiger charge is 2.24. The molecular weight excluding hydrogens is 252 g/mol. The summed E-state index contributed by atoms with van der Waals surface area (Å²) in [5, 5.41) is 3.29. The number of hydrogen-bond donors (Lipinski definition) is 1. The molecule has 1 fully saturated rings. The number of piperidine rings is 1. The van der Waals surface area contributed by atoms with Crippen LogP contribution in [0.2, 0.25) is 0 Å². The van der Waals surface area contributed by atoms with Crippen LogP contribution in [0.5, 0.6) is 11.5 Å². The second kappa shape index (κ2) is 6.19. The molecule has 1 unspecified atom stereocenters. The monoisotopic (exact) mass is 271 g/mol. The molecule has 5 heteroatoms. The van der Waals surface area contributed by atoms with Crippen molar-refractivity contribution >= 4 is 0 Å². The molecule has 1 aromatic carbocycles. The van der Waals surface area contributed by atoms with Crippen molar-refractivity contribution < 1.29 is 18.3 Å². The Morgan fingerprint density at radius 3 is 2.32 bits per heavy atom. The molecule has 2 rings (SSSR count). The summed E-state index contributed by atoms with van der Waals surface area (Å²) in [6.07, 6.45) is 2.67. The number of nitrogens with one attached hydrogen (secondary N) is 1. The molecule has 0 spiro atoms. The van der Waals surface area contributed by atoms with Crippen LogP contribution in [0.1, 0.15) is 18.4 Å². The SMILES string of the molecule is COc1c(F)cc(F)c(OC)c1CC1CCCNC1. The van der Waals surface area contributed by atoms with Crippen LogP contribution in [0.3, 0.4) is 0 Å². The first kappa shape index (κ1) is 14.1. The minimum Gasteiger partial charge on any atom is -0.493 e. The van der Waals surface area contributed by atoms with E-state index in [1.54, 1.807) is 0 Å². The fourth-order valence-electron chi connectivity index (χ4n) is 2.65. The van der Waals surface area contributed by atoms with Gasteiger partial charge in [0.05, 0.1) is 14.2 Å². The van der Waals surface area contributed by atoms with Crippen LogP contribution in [0.25, 0.3) is 0 Å². The number of benzene rings is 1. The lowest BCUT2D eigenvalue weighted by Crippen LogP contribution is -2.31. The summed E-state index contributed by atoms with van der Waals surface area (Å²) in [7, 11) is 2.77. The van der Waals surface area contributed by atoms with Gasteiger partial charge in [0.25, 0.3) is 0 Å². The summed E-state index contributed by atoms with van der Waals surface area (Å²) in [6, 6.07) is 0.806. The Kier molecular flexibility index (Phi) is 4.58. The first-order chi connectivity index (χ1) is 9.17. The van der Waals surface area contributed by atoms with Crippen molar-refractivity contribution in [3.63, 3.8) is 0 Å². The molecule has 1 atom stereocenters. The molecule has 0 aliphatic carbocycles. The average molecular weight is 271 g/mol. The maximum absolute atomic E-state index is 13.7. The lowest BCUT2D eigenvalue weighted by Gasteiger charge is -2.24. The Balaban J connectivity index is 2.34. The van der Waals surface area contributed by atoms with E-state index >= 15 is 0 Å². The van der Waals surface area contributed by atoms with Crippen molar-refractivity contribution in [3.8, 4) is 11.5 Å². The van der Waals surface area contributed by atoms with E-state index in [1.807, 2.05) is 0 Å². The van der Waals surface area contributed by atoms with Crippen molar-refractivity contribution in [1.82, 2.24) is 5.32 Å². The maximum atomic E-state index is 13.7. The predicted molar refractivity (Wildman–Crippen MR) is 68.8 cm³/mol. The molecule has 1 N–H and O–H groups in total. The topological polar surface area (TPSA) is 30.5 Å². The van der Waals surface area contributed by atoms with Crippen LogP contribution in [-0.2, 0) is 6.42 Å². The van der Waals surface area contributed by atoms with E-state index in [2.05, 4.69) is 5.32 Å². The van der Waals surface area contributed by atoms with Crippen molar-refractivity contribution in [2.45, 2.75) is 19.3 Å². The van der Waals surface area contributed by atoms with Gasteiger partial charge in [-0.1, -0.05) is 0 Å². The highest BCUT2D eigenvalue weighted by molar-refractivity contribution is 5.47. The minimum absolute atomic E-state index is 0.0869. The van der Waals surface area contributed by atoms with Crippen LogP contribution in [0.15, 0.2) is 6.07 Å². The van der Waals surface area contributed by atoms with Crippen molar-refractivity contribution in [2.24, 2.45) is 5.92 Å². The first-order valence-electron chi connectivity index (χ1n) is 6.47. The number of methoxy groups -OCH3 is 2. The first-order valence-corrected chi connectivity index (χ1v) is 6.47. The van der Waals surface area contributed by atoms with Crippen LogP contribution in [-0.4, -0.2) is 27.3 Å². The molecular formula is C14H19F2NO2. The lowest BCUT2D eigenvalue weighted by molar-refractivity contribution is 0.329. The van der Waals surface area contributed by atoms with Crippen LogP contribution in [0.4, 0.5) is 8.78 Å². The zero-order chi connectivity index (χ0) is 13.8. The summed E-state index contributed by atoms with van der Waals surface area (Å²) in [6.45, 7) is 1.85. The smallest absolute Gasteiger partial charge is 0.168 e. The molecule has 0 saturated carbocycles. The number of rotatable bonds is 4. The number of hydrogen-bond acceptors (Lipinski definition) is 3. The Labute approximate surface area is 111 Å². The van der Waals surface area contributed by atoms with Crippen LogP contribution in [0, 0.1) is 17.6 Å². The normalized spacial score (nSPS) is 19.3. The van der Waals surface area contributed by atoms with Gasteiger partial charge >= 0.3 is 0 Å². The van der Waals surface area contributed by atoms with Gasteiger partial charge in [0.2, 0.25) is 0 Å². The second-order valence-corrected chi connectivity index (χ2v) is 4.80. The van der Waals surface area contributed by atoms with E-state index in [9.17, 15) is 8.78 Å². The highest BCUT2D eigenvalue weighted by Crippen LogP contribution is 2.36. The van der Waals surface area contributed by atoms with E-state index in [1.165, 1.54) is 14.2 Å². The minimum atomic E-state index is -0.681. The van der Waals surface area contributed by atoms with Gasteiger partial charge in [-0.3, -0.25) is 0 Å². The molecule has 1 aliphatic rings. The molecule has 0 radical (unpaired) electrons. The fourth-order valence-corrected chi connectivity index (χ4v) is 2.65. The van der Waals surface area contributed by atoms with Gasteiger partial charge in [-0.05, 0) is 38.3 Å². The van der Waals surface area contributed by atoms with Gasteiger partial charge in [-0.25, -0.2) is 8.78 Å². The average Bonchev–Trinajstić information content (AvgIpc) is 2.40. The molecule has 1 aliphatic heterocycles. The number of ether oxygens (including phenoxy) is 2. The molecule has 1 aromatic rings. The fraction of sp³-hybridized carbons (Fsp3) is 0.571. The van der Waals surface area contributed by atoms with E-state index in [0.29, 0.717) is 17.9 Å². The van der Waals surface area contributed by atoms with Gasteiger partial charge in [0.1, 0.15) is 0 Å². The van der Waals surface area contributed by atoms with Gasteiger partial charge in [0.15, 0.2) is 23.1 Å². The molecule has 0 aromatic heterocycles.